The average molecular weight is 337 g/mol. The zero-order valence-corrected chi connectivity index (χ0v) is 14.5. The van der Waals surface area contributed by atoms with Crippen LogP contribution in [0.4, 0.5) is 0 Å². The van der Waals surface area contributed by atoms with E-state index in [4.69, 9.17) is 0 Å². The van der Waals surface area contributed by atoms with Gasteiger partial charge in [-0.15, -0.1) is 0 Å². The predicted octanol–water partition coefficient (Wildman–Crippen LogP) is 2.66. The van der Waals surface area contributed by atoms with Crippen LogP contribution in [0, 0.1) is 0 Å². The quantitative estimate of drug-likeness (QED) is 0.735. The molecule has 1 aliphatic heterocycles. The van der Waals surface area contributed by atoms with E-state index in [0.717, 1.165) is 49.2 Å². The van der Waals surface area contributed by atoms with E-state index in [1.807, 2.05) is 46.1 Å². The number of hydrogen-bond acceptors (Lipinski definition) is 3. The lowest BCUT2D eigenvalue weighted by atomic mass is 10.1. The van der Waals surface area contributed by atoms with E-state index in [0.29, 0.717) is 6.54 Å². The molecule has 6 nitrogen and oxygen atoms in total. The van der Waals surface area contributed by atoms with E-state index in [2.05, 4.69) is 21.6 Å². The van der Waals surface area contributed by atoms with E-state index in [1.54, 1.807) is 6.20 Å². The molecule has 1 atom stereocenters. The summed E-state index contributed by atoms with van der Waals surface area (Å²) in [6.45, 7) is 3.99. The van der Waals surface area contributed by atoms with Crippen LogP contribution < -0.4 is 0 Å². The van der Waals surface area contributed by atoms with Crippen LogP contribution in [-0.4, -0.2) is 43.2 Å². The van der Waals surface area contributed by atoms with Crippen LogP contribution in [0.1, 0.15) is 31.6 Å². The summed E-state index contributed by atoms with van der Waals surface area (Å²) in [5.74, 6) is 1.13. The summed E-state index contributed by atoms with van der Waals surface area (Å²) in [5.41, 5.74) is 1.99. The summed E-state index contributed by atoms with van der Waals surface area (Å²) in [7, 11) is 0. The Kier molecular flexibility index (Phi) is 4.26. The van der Waals surface area contributed by atoms with Crippen molar-refractivity contribution in [1.82, 2.24) is 24.2 Å². The molecule has 0 N–H and O–H groups in total. The Morgan fingerprint density at radius 3 is 2.96 bits per heavy atom. The highest BCUT2D eigenvalue weighted by Crippen LogP contribution is 2.22. The predicted molar refractivity (Wildman–Crippen MR) is 96.2 cm³/mol. The van der Waals surface area contributed by atoms with Crippen LogP contribution in [-0.2, 0) is 17.8 Å². The lowest BCUT2D eigenvalue weighted by Gasteiger charge is -2.33. The zero-order valence-electron chi connectivity index (χ0n) is 14.5. The van der Waals surface area contributed by atoms with Gasteiger partial charge in [0.15, 0.2) is 0 Å². The number of nitrogens with zero attached hydrogens (tertiary/aromatic N) is 5. The summed E-state index contributed by atoms with van der Waals surface area (Å²) in [4.78, 5) is 19.6. The molecule has 4 rings (SSSR count). The van der Waals surface area contributed by atoms with Gasteiger partial charge in [-0.2, -0.15) is 5.10 Å². The minimum atomic E-state index is 0.162. The van der Waals surface area contributed by atoms with E-state index < -0.39 is 0 Å². The third kappa shape index (κ3) is 3.04. The summed E-state index contributed by atoms with van der Waals surface area (Å²) < 4.78 is 4.04. The molecule has 1 aromatic carbocycles. The van der Waals surface area contributed by atoms with Gasteiger partial charge in [-0.05, 0) is 31.0 Å². The van der Waals surface area contributed by atoms with Crippen molar-refractivity contribution in [2.75, 3.05) is 13.1 Å². The number of carbonyl (C=O) groups excluding carboxylic acids is 1. The van der Waals surface area contributed by atoms with Gasteiger partial charge < -0.3 is 9.47 Å². The number of rotatable bonds is 4. The highest BCUT2D eigenvalue weighted by molar-refractivity contribution is 5.81. The van der Waals surface area contributed by atoms with Crippen molar-refractivity contribution in [1.29, 1.82) is 0 Å². The van der Waals surface area contributed by atoms with Gasteiger partial charge in [0.2, 0.25) is 5.91 Å². The second kappa shape index (κ2) is 6.70. The molecule has 0 radical (unpaired) electrons. The fraction of sp³-hybridized carbons (Fsp3) is 0.421. The number of aryl methyl sites for hydroxylation is 1. The Morgan fingerprint density at radius 2 is 2.16 bits per heavy atom. The van der Waals surface area contributed by atoms with Crippen molar-refractivity contribution < 1.29 is 4.79 Å². The molecule has 1 unspecified atom stereocenters. The van der Waals surface area contributed by atoms with Crippen LogP contribution in [0.2, 0.25) is 0 Å². The summed E-state index contributed by atoms with van der Waals surface area (Å²) in [5, 5.41) is 4.34. The Bertz CT molecular complexity index is 867. The molecule has 1 amide bonds. The number of piperidine rings is 1. The monoisotopic (exact) mass is 337 g/mol. The minimum absolute atomic E-state index is 0.162. The molecule has 6 heteroatoms. The lowest BCUT2D eigenvalue weighted by molar-refractivity contribution is -0.133. The van der Waals surface area contributed by atoms with E-state index in [1.165, 1.54) is 0 Å². The van der Waals surface area contributed by atoms with Crippen molar-refractivity contribution in [2.45, 2.75) is 38.8 Å². The first kappa shape index (κ1) is 15.9. The highest BCUT2D eigenvalue weighted by Gasteiger charge is 2.25. The number of amides is 1. The smallest absolute Gasteiger partial charge is 0.242 e. The van der Waals surface area contributed by atoms with E-state index >= 15 is 0 Å². The molecule has 3 heterocycles. The van der Waals surface area contributed by atoms with Crippen LogP contribution in [0.3, 0.4) is 0 Å². The van der Waals surface area contributed by atoms with Crippen molar-refractivity contribution >= 4 is 16.9 Å². The van der Waals surface area contributed by atoms with Crippen LogP contribution in [0.25, 0.3) is 11.0 Å². The first-order valence-electron chi connectivity index (χ1n) is 8.97. The Morgan fingerprint density at radius 1 is 1.28 bits per heavy atom. The minimum Gasteiger partial charge on any atom is -0.339 e. The maximum atomic E-state index is 12.9. The van der Waals surface area contributed by atoms with Crippen LogP contribution >= 0.6 is 0 Å². The van der Waals surface area contributed by atoms with Crippen molar-refractivity contribution in [3.8, 4) is 0 Å². The van der Waals surface area contributed by atoms with E-state index in [9.17, 15) is 4.79 Å². The van der Waals surface area contributed by atoms with Gasteiger partial charge in [0, 0.05) is 31.9 Å². The molecule has 1 aliphatic rings. The third-order valence-corrected chi connectivity index (χ3v) is 4.99. The standard InChI is InChI=1S/C19H23N5O/c1-2-18-21-16-8-3-4-9-17(16)23(18)14-19(25)22-11-5-7-15(13-22)24-12-6-10-20-24/h3-4,6,8-10,12,15H,2,5,7,11,13-14H2,1H3. The van der Waals surface area contributed by atoms with Crippen molar-refractivity contribution in [2.24, 2.45) is 0 Å². The summed E-state index contributed by atoms with van der Waals surface area (Å²) in [6.07, 6.45) is 6.68. The largest absolute Gasteiger partial charge is 0.339 e. The SMILES string of the molecule is CCc1nc2ccccc2n1CC(=O)N1CCCC(n2cccn2)C1. The maximum absolute atomic E-state index is 12.9. The summed E-state index contributed by atoms with van der Waals surface area (Å²) >= 11 is 0. The molecule has 0 spiro atoms. The maximum Gasteiger partial charge on any atom is 0.242 e. The van der Waals surface area contributed by atoms with Crippen molar-refractivity contribution in [3.63, 3.8) is 0 Å². The summed E-state index contributed by atoms with van der Waals surface area (Å²) in [6, 6.07) is 10.2. The topological polar surface area (TPSA) is 56.0 Å². The Balaban J connectivity index is 1.54. The molecule has 130 valence electrons. The Labute approximate surface area is 147 Å². The normalized spacial score (nSPS) is 18.0. The molecule has 1 fully saturated rings. The number of hydrogen-bond donors (Lipinski definition) is 0. The Hall–Kier alpha value is -2.63. The molecular formula is C19H23N5O. The fourth-order valence-corrected chi connectivity index (χ4v) is 3.70. The number of likely N-dealkylation sites (tertiary alicyclic amines) is 1. The molecule has 2 aromatic heterocycles. The molecule has 0 bridgehead atoms. The molecule has 3 aromatic rings. The lowest BCUT2D eigenvalue weighted by Crippen LogP contribution is -2.42. The van der Waals surface area contributed by atoms with E-state index in [-0.39, 0.29) is 11.9 Å². The molecule has 25 heavy (non-hydrogen) atoms. The van der Waals surface area contributed by atoms with Gasteiger partial charge in [0.05, 0.1) is 17.1 Å². The van der Waals surface area contributed by atoms with Crippen LogP contribution in [0.5, 0.6) is 0 Å². The number of imidazole rings is 1. The van der Waals surface area contributed by atoms with Gasteiger partial charge in [0.1, 0.15) is 12.4 Å². The highest BCUT2D eigenvalue weighted by atomic mass is 16.2. The second-order valence-corrected chi connectivity index (χ2v) is 6.58. The van der Waals surface area contributed by atoms with Gasteiger partial charge >= 0.3 is 0 Å². The molecular weight excluding hydrogens is 314 g/mol. The number of aromatic nitrogens is 4. The number of para-hydroxylation sites is 2. The van der Waals surface area contributed by atoms with Crippen molar-refractivity contribution in [3.05, 3.63) is 48.5 Å². The fourth-order valence-electron chi connectivity index (χ4n) is 3.70. The first-order valence-corrected chi connectivity index (χ1v) is 8.97. The average Bonchev–Trinajstić information content (AvgIpc) is 3.30. The van der Waals surface area contributed by atoms with Gasteiger partial charge in [-0.25, -0.2) is 4.98 Å². The van der Waals surface area contributed by atoms with Crippen LogP contribution in [0.15, 0.2) is 42.7 Å². The molecule has 1 saturated heterocycles. The third-order valence-electron chi connectivity index (χ3n) is 4.99. The van der Waals surface area contributed by atoms with Gasteiger partial charge in [0.25, 0.3) is 0 Å². The number of carbonyl (C=O) groups is 1. The molecule has 0 aliphatic carbocycles. The molecule has 0 saturated carbocycles. The number of benzene rings is 1. The number of fused-ring (bicyclic) bond motifs is 1. The second-order valence-electron chi connectivity index (χ2n) is 6.58. The van der Waals surface area contributed by atoms with Gasteiger partial charge in [-0.3, -0.25) is 9.48 Å². The zero-order chi connectivity index (χ0) is 17.2. The van der Waals surface area contributed by atoms with Gasteiger partial charge in [-0.1, -0.05) is 19.1 Å². The first-order chi connectivity index (χ1) is 12.3.